The van der Waals surface area contributed by atoms with Crippen LogP contribution in [-0.4, -0.2) is 69.4 Å². The summed E-state index contributed by atoms with van der Waals surface area (Å²) in [6, 6.07) is 9.17. The molecule has 1 aromatic carbocycles. The van der Waals surface area contributed by atoms with Gasteiger partial charge in [-0.3, -0.25) is 4.98 Å². The van der Waals surface area contributed by atoms with Crippen LogP contribution in [0.25, 0.3) is 11.6 Å². The third-order valence-corrected chi connectivity index (χ3v) is 7.15. The van der Waals surface area contributed by atoms with E-state index in [-0.39, 0.29) is 23.8 Å². The number of imidazole rings is 1. The fourth-order valence-electron chi connectivity index (χ4n) is 4.95. The Morgan fingerprint density at radius 3 is 2.53 bits per heavy atom. The minimum atomic E-state index is -0.432. The fraction of sp³-hybridized carbons (Fsp3) is 0.438. The molecule has 0 bridgehead atoms. The second kappa shape index (κ2) is 14.1. The second-order valence-corrected chi connectivity index (χ2v) is 12.4. The van der Waals surface area contributed by atoms with Crippen molar-refractivity contribution in [2.24, 2.45) is 7.05 Å². The van der Waals surface area contributed by atoms with Crippen molar-refractivity contribution < 1.29 is 14.3 Å². The number of ether oxygens (including phenoxy) is 1. The number of pyridine rings is 1. The molecule has 3 amide bonds. The SMILES string of the molecule is CC(C)OC(=O)N1CCNCC1.Cn1cncc1C(NC(=O)NC(C)(C)C)C1=Cc2cccnc2Cc2ccc(Cl)cc21. The van der Waals surface area contributed by atoms with E-state index in [4.69, 9.17) is 16.3 Å². The van der Waals surface area contributed by atoms with Crippen molar-refractivity contribution in [1.29, 1.82) is 0 Å². The summed E-state index contributed by atoms with van der Waals surface area (Å²) in [6.45, 7) is 12.8. The lowest BCUT2D eigenvalue weighted by Crippen LogP contribution is -2.47. The van der Waals surface area contributed by atoms with Crippen molar-refractivity contribution in [3.05, 3.63) is 82.2 Å². The molecular weight excluding hydrogens is 566 g/mol. The van der Waals surface area contributed by atoms with Crippen LogP contribution in [0.3, 0.4) is 0 Å². The molecule has 0 saturated carbocycles. The molecule has 1 aliphatic carbocycles. The maximum atomic E-state index is 12.9. The first-order valence-electron chi connectivity index (χ1n) is 14.6. The van der Waals surface area contributed by atoms with Gasteiger partial charge >= 0.3 is 12.1 Å². The molecule has 43 heavy (non-hydrogen) atoms. The third-order valence-electron chi connectivity index (χ3n) is 6.91. The van der Waals surface area contributed by atoms with Crippen LogP contribution in [0.5, 0.6) is 0 Å². The Balaban J connectivity index is 0.000000296. The molecule has 5 rings (SSSR count). The maximum absolute atomic E-state index is 12.9. The van der Waals surface area contributed by atoms with Crippen molar-refractivity contribution in [3.8, 4) is 0 Å². The number of carbonyl (C=O) groups is 2. The summed E-state index contributed by atoms with van der Waals surface area (Å²) in [4.78, 5) is 34.8. The summed E-state index contributed by atoms with van der Waals surface area (Å²) in [7, 11) is 1.92. The predicted octanol–water partition coefficient (Wildman–Crippen LogP) is 5.19. The highest BCUT2D eigenvalue weighted by Crippen LogP contribution is 2.38. The highest BCUT2D eigenvalue weighted by Gasteiger charge is 2.28. The lowest BCUT2D eigenvalue weighted by atomic mass is 9.92. The summed E-state index contributed by atoms with van der Waals surface area (Å²) in [5.74, 6) is 0. The first kappa shape index (κ1) is 32.0. The number of fused-ring (bicyclic) bond motifs is 2. The van der Waals surface area contributed by atoms with Gasteiger partial charge in [0.1, 0.15) is 0 Å². The van der Waals surface area contributed by atoms with Crippen LogP contribution in [0, 0.1) is 0 Å². The minimum absolute atomic E-state index is 0.0209. The van der Waals surface area contributed by atoms with Crippen LogP contribution in [0.4, 0.5) is 9.59 Å². The zero-order chi connectivity index (χ0) is 31.1. The van der Waals surface area contributed by atoms with Crippen molar-refractivity contribution in [3.63, 3.8) is 0 Å². The number of amides is 3. The van der Waals surface area contributed by atoms with Crippen molar-refractivity contribution in [1.82, 2.24) is 35.4 Å². The lowest BCUT2D eigenvalue weighted by Gasteiger charge is -2.27. The van der Waals surface area contributed by atoms with E-state index in [2.05, 4.69) is 32.0 Å². The molecular formula is C32H42ClN7O3. The van der Waals surface area contributed by atoms with E-state index in [1.54, 1.807) is 23.6 Å². The van der Waals surface area contributed by atoms with Crippen molar-refractivity contribution in [2.45, 2.75) is 58.7 Å². The number of rotatable bonds is 4. The molecule has 2 aliphatic rings. The monoisotopic (exact) mass is 607 g/mol. The average Bonchev–Trinajstić information content (AvgIpc) is 3.29. The number of piperazine rings is 1. The van der Waals surface area contributed by atoms with Gasteiger partial charge < -0.3 is 30.2 Å². The first-order valence-corrected chi connectivity index (χ1v) is 14.9. The molecule has 1 aliphatic heterocycles. The molecule has 1 unspecified atom stereocenters. The standard InChI is InChI=1S/C24H26ClN5O.C8H16N2O2/c1-24(2,3)29-23(31)28-22(21-13-26-14-30(21)4)19-10-16-6-5-9-27-20(16)11-15-7-8-17(25)12-18(15)19;1-7(2)12-8(11)10-5-3-9-4-6-10/h5-10,12-14,22H,11H2,1-4H3,(H2,28,29,31);7,9H,3-6H2,1-2H3. The lowest BCUT2D eigenvalue weighted by molar-refractivity contribution is 0.0732. The molecule has 10 nitrogen and oxygen atoms in total. The van der Waals surface area contributed by atoms with Gasteiger partial charge in [-0.15, -0.1) is 0 Å². The number of hydrogen-bond acceptors (Lipinski definition) is 6. The smallest absolute Gasteiger partial charge is 0.410 e. The molecule has 3 heterocycles. The molecule has 1 saturated heterocycles. The van der Waals surface area contributed by atoms with Gasteiger partial charge in [0.15, 0.2) is 0 Å². The zero-order valence-corrected chi connectivity index (χ0v) is 26.5. The maximum Gasteiger partial charge on any atom is 0.410 e. The number of nitrogens with one attached hydrogen (secondary N) is 3. The van der Waals surface area contributed by atoms with Crippen LogP contribution in [0.2, 0.25) is 5.02 Å². The molecule has 1 atom stereocenters. The number of aromatic nitrogens is 3. The van der Waals surface area contributed by atoms with Crippen LogP contribution in [0.15, 0.2) is 49.1 Å². The molecule has 230 valence electrons. The zero-order valence-electron chi connectivity index (χ0n) is 25.8. The van der Waals surface area contributed by atoms with Gasteiger partial charge in [-0.05, 0) is 81.2 Å². The van der Waals surface area contributed by atoms with E-state index in [1.807, 2.05) is 76.6 Å². The van der Waals surface area contributed by atoms with Gasteiger partial charge in [-0.1, -0.05) is 23.7 Å². The Kier molecular flexibility index (Phi) is 10.5. The Hall–Kier alpha value is -3.89. The molecule has 2 aromatic heterocycles. The van der Waals surface area contributed by atoms with E-state index in [1.165, 1.54) is 0 Å². The summed E-state index contributed by atoms with van der Waals surface area (Å²) in [6.07, 6.45) is 7.90. The van der Waals surface area contributed by atoms with Gasteiger partial charge in [0.2, 0.25) is 0 Å². The number of hydrogen-bond donors (Lipinski definition) is 3. The highest BCUT2D eigenvalue weighted by molar-refractivity contribution is 6.30. The number of nitrogens with zero attached hydrogens (tertiary/aromatic N) is 4. The van der Waals surface area contributed by atoms with Gasteiger partial charge in [-0.25, -0.2) is 14.6 Å². The van der Waals surface area contributed by atoms with Crippen LogP contribution < -0.4 is 16.0 Å². The molecule has 1 fully saturated rings. The molecule has 0 spiro atoms. The Bertz CT molecular complexity index is 1460. The van der Waals surface area contributed by atoms with Crippen molar-refractivity contribution >= 4 is 35.4 Å². The number of aryl methyl sites for hydroxylation is 1. The molecule has 3 N–H and O–H groups in total. The van der Waals surface area contributed by atoms with E-state index >= 15 is 0 Å². The van der Waals surface area contributed by atoms with Gasteiger partial charge in [0, 0.05) is 56.4 Å². The summed E-state index contributed by atoms with van der Waals surface area (Å²) in [5.41, 5.74) is 5.56. The first-order chi connectivity index (χ1) is 20.4. The number of halogens is 1. The third kappa shape index (κ3) is 8.81. The minimum Gasteiger partial charge on any atom is -0.447 e. The second-order valence-electron chi connectivity index (χ2n) is 12.0. The largest absolute Gasteiger partial charge is 0.447 e. The number of urea groups is 1. The Morgan fingerprint density at radius 2 is 1.88 bits per heavy atom. The van der Waals surface area contributed by atoms with E-state index in [0.717, 1.165) is 59.8 Å². The van der Waals surface area contributed by atoms with Crippen LogP contribution in [0.1, 0.15) is 68.7 Å². The normalized spacial score (nSPS) is 15.2. The summed E-state index contributed by atoms with van der Waals surface area (Å²) in [5, 5.41) is 9.98. The Labute approximate surface area is 258 Å². The van der Waals surface area contributed by atoms with Crippen LogP contribution >= 0.6 is 11.6 Å². The molecule has 0 radical (unpaired) electrons. The predicted molar refractivity (Wildman–Crippen MR) is 170 cm³/mol. The average molecular weight is 608 g/mol. The quantitative estimate of drug-likeness (QED) is 0.376. The molecule has 3 aromatic rings. The van der Waals surface area contributed by atoms with E-state index in [0.29, 0.717) is 11.4 Å². The fourth-order valence-corrected chi connectivity index (χ4v) is 5.13. The topological polar surface area (TPSA) is 113 Å². The van der Waals surface area contributed by atoms with Crippen molar-refractivity contribution in [2.75, 3.05) is 26.2 Å². The number of carbonyl (C=O) groups excluding carboxylic acids is 2. The number of benzene rings is 1. The van der Waals surface area contributed by atoms with Gasteiger partial charge in [0.25, 0.3) is 0 Å². The highest BCUT2D eigenvalue weighted by atomic mass is 35.5. The van der Waals surface area contributed by atoms with Gasteiger partial charge in [0.05, 0.1) is 36.1 Å². The molecule has 11 heteroatoms. The summed E-state index contributed by atoms with van der Waals surface area (Å²) >= 11 is 6.40. The van der Waals surface area contributed by atoms with E-state index < -0.39 is 6.04 Å². The van der Waals surface area contributed by atoms with E-state index in [9.17, 15) is 9.59 Å². The Morgan fingerprint density at radius 1 is 1.14 bits per heavy atom. The van der Waals surface area contributed by atoms with Crippen LogP contribution in [-0.2, 0) is 18.2 Å². The van der Waals surface area contributed by atoms with Gasteiger partial charge in [-0.2, -0.15) is 0 Å². The summed E-state index contributed by atoms with van der Waals surface area (Å²) < 4.78 is 6.97.